The van der Waals surface area contributed by atoms with Crippen LogP contribution in [0.3, 0.4) is 0 Å². The zero-order valence-corrected chi connectivity index (χ0v) is 12.5. The highest BCUT2D eigenvalue weighted by atomic mass is 79.9. The highest BCUT2D eigenvalue weighted by molar-refractivity contribution is 9.10. The van der Waals surface area contributed by atoms with Crippen molar-refractivity contribution in [2.24, 2.45) is 0 Å². The lowest BCUT2D eigenvalue weighted by atomic mass is 10.2. The van der Waals surface area contributed by atoms with Gasteiger partial charge in [0.25, 0.3) is 5.91 Å². The van der Waals surface area contributed by atoms with Gasteiger partial charge < -0.3 is 0 Å². The van der Waals surface area contributed by atoms with Gasteiger partial charge in [-0.2, -0.15) is 0 Å². The molecule has 1 amide bonds. The maximum atomic E-state index is 11.5. The first-order chi connectivity index (χ1) is 7.87. The highest BCUT2D eigenvalue weighted by Crippen LogP contribution is 2.20. The maximum absolute atomic E-state index is 11.5. The van der Waals surface area contributed by atoms with E-state index in [-0.39, 0.29) is 11.5 Å². The van der Waals surface area contributed by atoms with Crippen molar-refractivity contribution in [3.8, 4) is 0 Å². The molecule has 17 heavy (non-hydrogen) atoms. The van der Waals surface area contributed by atoms with Gasteiger partial charge in [-0.05, 0) is 45.0 Å². The van der Waals surface area contributed by atoms with Crippen LogP contribution in [0.2, 0.25) is 0 Å². The van der Waals surface area contributed by atoms with E-state index in [4.69, 9.17) is 4.84 Å². The lowest BCUT2D eigenvalue weighted by Crippen LogP contribution is -2.34. The Bertz CT molecular complexity index is 373. The topological polar surface area (TPSA) is 38.3 Å². The van der Waals surface area contributed by atoms with Crippen molar-refractivity contribution >= 4 is 33.6 Å². The number of hydrogen-bond acceptors (Lipinski definition) is 3. The van der Waals surface area contributed by atoms with Crippen molar-refractivity contribution in [3.05, 3.63) is 28.7 Å². The summed E-state index contributed by atoms with van der Waals surface area (Å²) in [5.74, 6) is 0.213. The number of halogens is 1. The van der Waals surface area contributed by atoms with Gasteiger partial charge >= 0.3 is 0 Å². The molecule has 94 valence electrons. The lowest BCUT2D eigenvalue weighted by molar-refractivity contribution is -0.142. The Morgan fingerprint density at radius 1 is 1.35 bits per heavy atom. The molecule has 0 aromatic heterocycles. The number of thioether (sulfide) groups is 1. The Kier molecular flexibility index (Phi) is 5.49. The quantitative estimate of drug-likeness (QED) is 0.683. The smallest absolute Gasteiger partial charge is 0.253 e. The van der Waals surface area contributed by atoms with Gasteiger partial charge in [-0.1, -0.05) is 15.9 Å². The van der Waals surface area contributed by atoms with Crippen molar-refractivity contribution in [2.45, 2.75) is 31.3 Å². The van der Waals surface area contributed by atoms with Gasteiger partial charge in [0, 0.05) is 9.37 Å². The van der Waals surface area contributed by atoms with Crippen LogP contribution < -0.4 is 5.48 Å². The van der Waals surface area contributed by atoms with Crippen molar-refractivity contribution in [1.29, 1.82) is 0 Å². The van der Waals surface area contributed by atoms with Crippen molar-refractivity contribution in [3.63, 3.8) is 0 Å². The molecule has 0 unspecified atom stereocenters. The lowest BCUT2D eigenvalue weighted by Gasteiger charge is -2.18. The van der Waals surface area contributed by atoms with E-state index in [1.807, 2.05) is 45.0 Å². The van der Waals surface area contributed by atoms with E-state index in [1.54, 1.807) is 0 Å². The molecule has 0 aliphatic heterocycles. The molecule has 0 aliphatic rings. The molecular formula is C12H16BrNO2S. The van der Waals surface area contributed by atoms with Gasteiger partial charge in [0.15, 0.2) is 0 Å². The van der Waals surface area contributed by atoms with Crippen LogP contribution in [0.1, 0.15) is 20.8 Å². The third-order valence-corrected chi connectivity index (χ3v) is 3.20. The molecule has 1 aromatic rings. The van der Waals surface area contributed by atoms with Gasteiger partial charge in [-0.3, -0.25) is 9.63 Å². The molecule has 0 aliphatic carbocycles. The van der Waals surface area contributed by atoms with E-state index in [0.29, 0.717) is 5.75 Å². The van der Waals surface area contributed by atoms with Crippen LogP contribution in [-0.4, -0.2) is 17.3 Å². The van der Waals surface area contributed by atoms with Gasteiger partial charge in [0.2, 0.25) is 0 Å². The standard InChI is InChI=1S/C12H16BrNO2S/c1-12(2,3)16-14-11(15)8-17-10-6-4-9(13)5-7-10/h4-7H,8H2,1-3H3,(H,14,15). The number of benzene rings is 1. The fourth-order valence-corrected chi connectivity index (χ4v) is 1.87. The summed E-state index contributed by atoms with van der Waals surface area (Å²) in [5, 5.41) is 0. The summed E-state index contributed by atoms with van der Waals surface area (Å²) < 4.78 is 1.03. The van der Waals surface area contributed by atoms with Crippen LogP contribution >= 0.6 is 27.7 Å². The molecule has 0 heterocycles. The molecule has 0 atom stereocenters. The molecule has 3 nitrogen and oxygen atoms in total. The van der Waals surface area contributed by atoms with Crippen LogP contribution in [-0.2, 0) is 9.63 Å². The fourth-order valence-electron chi connectivity index (χ4n) is 0.919. The van der Waals surface area contributed by atoms with Gasteiger partial charge in [0.1, 0.15) is 0 Å². The van der Waals surface area contributed by atoms with E-state index in [1.165, 1.54) is 11.8 Å². The molecule has 1 aromatic carbocycles. The van der Waals surface area contributed by atoms with Crippen molar-refractivity contribution in [2.75, 3.05) is 5.75 Å². The molecule has 1 N–H and O–H groups in total. The van der Waals surface area contributed by atoms with Crippen molar-refractivity contribution in [1.82, 2.24) is 5.48 Å². The van der Waals surface area contributed by atoms with Crippen LogP contribution in [0.25, 0.3) is 0 Å². The summed E-state index contributed by atoms with van der Waals surface area (Å²) >= 11 is 4.84. The van der Waals surface area contributed by atoms with Gasteiger partial charge in [-0.25, -0.2) is 5.48 Å². The number of hydrogen-bond donors (Lipinski definition) is 1. The van der Waals surface area contributed by atoms with Gasteiger partial charge in [-0.15, -0.1) is 11.8 Å². The zero-order valence-electron chi connectivity index (χ0n) is 10.1. The normalized spacial score (nSPS) is 11.3. The SMILES string of the molecule is CC(C)(C)ONC(=O)CSc1ccc(Br)cc1. The van der Waals surface area contributed by atoms with E-state index >= 15 is 0 Å². The highest BCUT2D eigenvalue weighted by Gasteiger charge is 2.12. The Balaban J connectivity index is 2.31. The Labute approximate surface area is 114 Å². The Morgan fingerprint density at radius 2 is 1.94 bits per heavy atom. The molecule has 0 bridgehead atoms. The number of rotatable bonds is 4. The summed E-state index contributed by atoms with van der Waals surface area (Å²) in [6, 6.07) is 7.83. The molecule has 0 saturated carbocycles. The third kappa shape index (κ3) is 6.71. The molecular weight excluding hydrogens is 302 g/mol. The van der Waals surface area contributed by atoms with Gasteiger partial charge in [0.05, 0.1) is 11.4 Å². The summed E-state index contributed by atoms with van der Waals surface area (Å²) in [6.07, 6.45) is 0. The average Bonchev–Trinajstić information content (AvgIpc) is 2.25. The fraction of sp³-hybridized carbons (Fsp3) is 0.417. The molecule has 1 rings (SSSR count). The first-order valence-electron chi connectivity index (χ1n) is 5.22. The average molecular weight is 318 g/mol. The summed E-state index contributed by atoms with van der Waals surface area (Å²) in [6.45, 7) is 5.65. The molecule has 5 heteroatoms. The number of nitrogens with one attached hydrogen (secondary N) is 1. The van der Waals surface area contributed by atoms with E-state index in [9.17, 15) is 4.79 Å². The number of amides is 1. The summed E-state index contributed by atoms with van der Waals surface area (Å²) in [7, 11) is 0. The van der Waals surface area contributed by atoms with E-state index < -0.39 is 0 Å². The second-order valence-corrected chi connectivity index (χ2v) is 6.45. The minimum atomic E-state index is -0.363. The van der Waals surface area contributed by atoms with Crippen molar-refractivity contribution < 1.29 is 9.63 Å². The number of hydroxylamine groups is 1. The first-order valence-corrected chi connectivity index (χ1v) is 7.00. The predicted octanol–water partition coefficient (Wildman–Crippen LogP) is 3.39. The number of carbonyl (C=O) groups is 1. The molecule has 0 spiro atoms. The first kappa shape index (κ1) is 14.5. The molecule has 0 radical (unpaired) electrons. The molecule has 0 fully saturated rings. The largest absolute Gasteiger partial charge is 0.272 e. The van der Waals surface area contributed by atoms with E-state index in [2.05, 4.69) is 21.4 Å². The Hall–Kier alpha value is -0.520. The Morgan fingerprint density at radius 3 is 2.47 bits per heavy atom. The summed E-state index contributed by atoms with van der Waals surface area (Å²) in [4.78, 5) is 17.7. The predicted molar refractivity (Wildman–Crippen MR) is 73.8 cm³/mol. The van der Waals surface area contributed by atoms with E-state index in [0.717, 1.165) is 9.37 Å². The second kappa shape index (κ2) is 6.42. The minimum Gasteiger partial charge on any atom is -0.272 e. The number of carbonyl (C=O) groups excluding carboxylic acids is 1. The summed E-state index contributed by atoms with van der Waals surface area (Å²) in [5.41, 5.74) is 2.07. The minimum absolute atomic E-state index is 0.132. The zero-order chi connectivity index (χ0) is 12.9. The third-order valence-electron chi connectivity index (χ3n) is 1.65. The van der Waals surface area contributed by atoms with Crippen LogP contribution in [0, 0.1) is 0 Å². The van der Waals surface area contributed by atoms with Crippen LogP contribution in [0.15, 0.2) is 33.6 Å². The molecule has 0 saturated heterocycles. The maximum Gasteiger partial charge on any atom is 0.253 e. The second-order valence-electron chi connectivity index (χ2n) is 4.48. The monoisotopic (exact) mass is 317 g/mol. The van der Waals surface area contributed by atoms with Crippen LogP contribution in [0.5, 0.6) is 0 Å². The van der Waals surface area contributed by atoms with Crippen LogP contribution in [0.4, 0.5) is 0 Å².